The van der Waals surface area contributed by atoms with E-state index in [-0.39, 0.29) is 6.04 Å². The molecule has 0 aliphatic rings. The van der Waals surface area contributed by atoms with Crippen molar-refractivity contribution in [2.24, 2.45) is 0 Å². The van der Waals surface area contributed by atoms with Crippen molar-refractivity contribution < 1.29 is 14.3 Å². The van der Waals surface area contributed by atoms with Gasteiger partial charge < -0.3 is 15.0 Å². The Hall–Kier alpha value is -2.04. The number of hydrogen-bond acceptors (Lipinski definition) is 3. The first kappa shape index (κ1) is 15.0. The van der Waals surface area contributed by atoms with Gasteiger partial charge in [0.05, 0.1) is 7.11 Å². The largest absolute Gasteiger partial charge is 0.453 e. The van der Waals surface area contributed by atoms with Crippen LogP contribution in [-0.2, 0) is 16.1 Å². The number of carbonyl (C=O) groups excluding carboxylic acids is 2. The zero-order valence-corrected chi connectivity index (χ0v) is 11.3. The molecule has 0 fully saturated rings. The minimum atomic E-state index is -0.451. The van der Waals surface area contributed by atoms with Crippen molar-refractivity contribution in [2.45, 2.75) is 25.9 Å². The van der Waals surface area contributed by atoms with Crippen LogP contribution in [0.4, 0.5) is 4.79 Å². The van der Waals surface area contributed by atoms with Crippen LogP contribution in [0.2, 0.25) is 0 Å². The van der Waals surface area contributed by atoms with Crippen LogP contribution in [0.3, 0.4) is 0 Å². The molecule has 0 aliphatic heterocycles. The second-order valence-electron chi connectivity index (χ2n) is 4.39. The van der Waals surface area contributed by atoms with Gasteiger partial charge in [-0.05, 0) is 18.9 Å². The van der Waals surface area contributed by atoms with Crippen molar-refractivity contribution in [1.82, 2.24) is 10.2 Å². The third-order valence-electron chi connectivity index (χ3n) is 2.78. The number of nitrogens with zero attached hydrogens (tertiary/aromatic N) is 1. The van der Waals surface area contributed by atoms with Crippen LogP contribution in [0.15, 0.2) is 30.3 Å². The SMILES string of the molecule is COC(=O)N[C@H](C)CCN(C=O)Cc1ccccc1. The summed E-state index contributed by atoms with van der Waals surface area (Å²) in [7, 11) is 1.33. The number of methoxy groups -OCH3 is 1. The third-order valence-corrected chi connectivity index (χ3v) is 2.78. The zero-order valence-electron chi connectivity index (χ0n) is 11.3. The number of rotatable bonds is 7. The lowest BCUT2D eigenvalue weighted by atomic mass is 10.2. The van der Waals surface area contributed by atoms with E-state index in [1.54, 1.807) is 4.90 Å². The summed E-state index contributed by atoms with van der Waals surface area (Å²) in [4.78, 5) is 23.7. The molecule has 0 radical (unpaired) electrons. The summed E-state index contributed by atoms with van der Waals surface area (Å²) < 4.78 is 4.52. The molecule has 0 saturated carbocycles. The van der Waals surface area contributed by atoms with Gasteiger partial charge in [0.25, 0.3) is 0 Å². The van der Waals surface area contributed by atoms with Gasteiger partial charge in [-0.2, -0.15) is 0 Å². The van der Waals surface area contributed by atoms with E-state index in [9.17, 15) is 9.59 Å². The Morgan fingerprint density at radius 3 is 2.68 bits per heavy atom. The second kappa shape index (κ2) is 8.13. The molecule has 1 aromatic carbocycles. The van der Waals surface area contributed by atoms with E-state index in [0.717, 1.165) is 12.0 Å². The standard InChI is InChI=1S/C14H20N2O3/c1-12(15-14(18)19-2)8-9-16(11-17)10-13-6-4-3-5-7-13/h3-7,11-12H,8-10H2,1-2H3,(H,15,18)/t12-/m1/s1. The molecular weight excluding hydrogens is 244 g/mol. The van der Waals surface area contributed by atoms with Gasteiger partial charge in [-0.1, -0.05) is 30.3 Å². The molecule has 19 heavy (non-hydrogen) atoms. The Morgan fingerprint density at radius 2 is 2.11 bits per heavy atom. The lowest BCUT2D eigenvalue weighted by Crippen LogP contribution is -2.35. The Bertz CT molecular complexity index is 395. The van der Waals surface area contributed by atoms with Crippen molar-refractivity contribution in [3.8, 4) is 0 Å². The van der Waals surface area contributed by atoms with Gasteiger partial charge in [-0.3, -0.25) is 4.79 Å². The molecule has 1 N–H and O–H groups in total. The van der Waals surface area contributed by atoms with Gasteiger partial charge in [0.15, 0.2) is 0 Å². The van der Waals surface area contributed by atoms with Crippen molar-refractivity contribution in [1.29, 1.82) is 0 Å². The first-order valence-electron chi connectivity index (χ1n) is 6.23. The summed E-state index contributed by atoms with van der Waals surface area (Å²) in [5.41, 5.74) is 1.09. The first-order chi connectivity index (χ1) is 9.15. The lowest BCUT2D eigenvalue weighted by molar-refractivity contribution is -0.118. The predicted octanol–water partition coefficient (Wildman–Crippen LogP) is 1.78. The van der Waals surface area contributed by atoms with E-state index in [2.05, 4.69) is 10.1 Å². The van der Waals surface area contributed by atoms with Crippen LogP contribution in [0, 0.1) is 0 Å². The fourth-order valence-electron chi connectivity index (χ4n) is 1.68. The Labute approximate surface area is 113 Å². The molecule has 0 bridgehead atoms. The quantitative estimate of drug-likeness (QED) is 0.764. The molecule has 0 saturated heterocycles. The molecular formula is C14H20N2O3. The average Bonchev–Trinajstić information content (AvgIpc) is 2.44. The van der Waals surface area contributed by atoms with E-state index in [0.29, 0.717) is 19.5 Å². The normalized spacial score (nSPS) is 11.5. The van der Waals surface area contributed by atoms with E-state index >= 15 is 0 Å². The van der Waals surface area contributed by atoms with Crippen molar-refractivity contribution in [3.05, 3.63) is 35.9 Å². The van der Waals surface area contributed by atoms with Crippen molar-refractivity contribution in [2.75, 3.05) is 13.7 Å². The Kier molecular flexibility index (Phi) is 6.43. The van der Waals surface area contributed by atoms with Gasteiger partial charge in [0.2, 0.25) is 6.41 Å². The second-order valence-corrected chi connectivity index (χ2v) is 4.39. The zero-order chi connectivity index (χ0) is 14.1. The van der Waals surface area contributed by atoms with Crippen LogP contribution in [0.25, 0.3) is 0 Å². The molecule has 1 atom stereocenters. The highest BCUT2D eigenvalue weighted by molar-refractivity contribution is 5.67. The minimum Gasteiger partial charge on any atom is -0.453 e. The number of alkyl carbamates (subject to hydrolysis) is 1. The first-order valence-corrected chi connectivity index (χ1v) is 6.23. The van der Waals surface area contributed by atoms with Crippen LogP contribution in [0.5, 0.6) is 0 Å². The molecule has 1 aromatic rings. The monoisotopic (exact) mass is 264 g/mol. The number of hydrogen-bond donors (Lipinski definition) is 1. The van der Waals surface area contributed by atoms with Crippen LogP contribution < -0.4 is 5.32 Å². The van der Waals surface area contributed by atoms with Crippen LogP contribution >= 0.6 is 0 Å². The molecule has 104 valence electrons. The van der Waals surface area contributed by atoms with Crippen LogP contribution in [0.1, 0.15) is 18.9 Å². The Balaban J connectivity index is 2.36. The maximum Gasteiger partial charge on any atom is 0.407 e. The summed E-state index contributed by atoms with van der Waals surface area (Å²) in [6.07, 6.45) is 1.06. The highest BCUT2D eigenvalue weighted by Gasteiger charge is 2.09. The molecule has 5 heteroatoms. The smallest absolute Gasteiger partial charge is 0.407 e. The summed E-state index contributed by atoms with van der Waals surface area (Å²) in [6.45, 7) is 3.04. The van der Waals surface area contributed by atoms with E-state index < -0.39 is 6.09 Å². The molecule has 1 rings (SSSR count). The average molecular weight is 264 g/mol. The fourth-order valence-corrected chi connectivity index (χ4v) is 1.68. The van der Waals surface area contributed by atoms with Gasteiger partial charge in [0, 0.05) is 19.1 Å². The third kappa shape index (κ3) is 5.90. The molecule has 0 aromatic heterocycles. The predicted molar refractivity (Wildman–Crippen MR) is 72.5 cm³/mol. The highest BCUT2D eigenvalue weighted by Crippen LogP contribution is 2.04. The molecule has 2 amide bonds. The van der Waals surface area contributed by atoms with E-state index in [4.69, 9.17) is 0 Å². The van der Waals surface area contributed by atoms with Crippen molar-refractivity contribution in [3.63, 3.8) is 0 Å². The van der Waals surface area contributed by atoms with Gasteiger partial charge in [0.1, 0.15) is 0 Å². The highest BCUT2D eigenvalue weighted by atomic mass is 16.5. The fraction of sp³-hybridized carbons (Fsp3) is 0.429. The number of benzene rings is 1. The molecule has 0 heterocycles. The lowest BCUT2D eigenvalue weighted by Gasteiger charge is -2.20. The number of ether oxygens (including phenoxy) is 1. The number of carbonyl (C=O) groups is 2. The summed E-state index contributed by atoms with van der Waals surface area (Å²) in [6, 6.07) is 9.75. The molecule has 5 nitrogen and oxygen atoms in total. The maximum absolute atomic E-state index is 11.0. The van der Waals surface area contributed by atoms with Crippen LogP contribution in [-0.4, -0.2) is 37.1 Å². The van der Waals surface area contributed by atoms with Gasteiger partial charge >= 0.3 is 6.09 Å². The van der Waals surface area contributed by atoms with Crippen molar-refractivity contribution >= 4 is 12.5 Å². The minimum absolute atomic E-state index is 0.0364. The van der Waals surface area contributed by atoms with E-state index in [1.165, 1.54) is 7.11 Å². The number of nitrogens with one attached hydrogen (secondary N) is 1. The summed E-state index contributed by atoms with van der Waals surface area (Å²) >= 11 is 0. The molecule has 0 spiro atoms. The van der Waals surface area contributed by atoms with Gasteiger partial charge in [-0.25, -0.2) is 4.79 Å². The summed E-state index contributed by atoms with van der Waals surface area (Å²) in [5, 5.41) is 2.67. The molecule has 0 aliphatic carbocycles. The topological polar surface area (TPSA) is 58.6 Å². The number of amides is 2. The molecule has 0 unspecified atom stereocenters. The van der Waals surface area contributed by atoms with Gasteiger partial charge in [-0.15, -0.1) is 0 Å². The summed E-state index contributed by atoms with van der Waals surface area (Å²) in [5.74, 6) is 0. The van der Waals surface area contributed by atoms with E-state index in [1.807, 2.05) is 37.3 Å². The Morgan fingerprint density at radius 1 is 1.42 bits per heavy atom. The maximum atomic E-state index is 11.0.